The smallest absolute Gasteiger partial charge is 0.269 e. The third-order valence-corrected chi connectivity index (χ3v) is 5.66. The Morgan fingerprint density at radius 3 is 2.48 bits per heavy atom. The second-order valence-corrected chi connectivity index (χ2v) is 8.23. The number of hydrazine groups is 1. The molecule has 1 heterocycles. The van der Waals surface area contributed by atoms with E-state index in [1.165, 1.54) is 36.0 Å². The maximum absolute atomic E-state index is 12.9. The molecular weight excluding hydrogens is 369 g/mol. The van der Waals surface area contributed by atoms with Gasteiger partial charge >= 0.3 is 0 Å². The summed E-state index contributed by atoms with van der Waals surface area (Å²) in [4.78, 5) is 24.3. The number of thioether (sulfide) groups is 1. The van der Waals surface area contributed by atoms with Crippen LogP contribution in [0, 0.1) is 5.82 Å². The quantitative estimate of drug-likeness (QED) is 0.586. The predicted octanol–water partition coefficient (Wildman–Crippen LogP) is 2.57. The molecule has 0 bridgehead atoms. The zero-order valence-corrected chi connectivity index (χ0v) is 15.6. The van der Waals surface area contributed by atoms with Crippen LogP contribution in [-0.2, 0) is 4.79 Å². The van der Waals surface area contributed by atoms with Gasteiger partial charge in [0, 0.05) is 17.5 Å². The molecule has 142 valence electrons. The largest absolute Gasteiger partial charge is 0.303 e. The van der Waals surface area contributed by atoms with Gasteiger partial charge in [-0.05, 0) is 56.9 Å². The van der Waals surface area contributed by atoms with Gasteiger partial charge < -0.3 is 4.57 Å². The lowest BCUT2D eigenvalue weighted by atomic mass is 10.2. The van der Waals surface area contributed by atoms with Gasteiger partial charge in [-0.2, -0.15) is 0 Å². The van der Waals surface area contributed by atoms with E-state index < -0.39 is 17.0 Å². The van der Waals surface area contributed by atoms with Crippen LogP contribution in [0.15, 0.2) is 29.4 Å². The number of carbonyl (C=O) groups is 2. The first kappa shape index (κ1) is 18.0. The number of amides is 2. The van der Waals surface area contributed by atoms with Crippen LogP contribution in [-0.4, -0.2) is 31.8 Å². The number of nitrogens with one attached hydrogen (secondary N) is 2. The monoisotopic (exact) mass is 389 g/mol. The van der Waals surface area contributed by atoms with E-state index in [0.717, 1.165) is 36.7 Å². The molecule has 2 N–H and O–H groups in total. The molecule has 1 atom stereocenters. The molecule has 1 aromatic heterocycles. The average molecular weight is 389 g/mol. The topological polar surface area (TPSA) is 88.9 Å². The normalized spacial score (nSPS) is 17.4. The van der Waals surface area contributed by atoms with Crippen LogP contribution in [0.4, 0.5) is 4.39 Å². The SMILES string of the molecule is CC(Sc1nnc(C2CC2)n1C1CC1)C(=O)NNC(=O)c1ccc(F)cc1. The minimum absolute atomic E-state index is 0.263. The highest BCUT2D eigenvalue weighted by Crippen LogP contribution is 2.46. The van der Waals surface area contributed by atoms with Crippen molar-refractivity contribution in [3.05, 3.63) is 41.5 Å². The summed E-state index contributed by atoms with van der Waals surface area (Å²) in [6, 6.07) is 5.54. The number of hydrogen-bond donors (Lipinski definition) is 2. The first-order chi connectivity index (χ1) is 13.0. The molecule has 2 fully saturated rings. The molecule has 0 radical (unpaired) electrons. The van der Waals surface area contributed by atoms with E-state index in [9.17, 15) is 14.0 Å². The number of benzene rings is 1. The molecule has 0 aliphatic heterocycles. The van der Waals surface area contributed by atoms with Gasteiger partial charge in [0.15, 0.2) is 5.16 Å². The highest BCUT2D eigenvalue weighted by atomic mass is 32.2. The van der Waals surface area contributed by atoms with Crippen molar-refractivity contribution in [2.45, 2.75) is 55.0 Å². The molecule has 2 aliphatic rings. The molecule has 2 amide bonds. The molecular formula is C18H20FN5O2S. The Bertz CT molecular complexity index is 861. The lowest BCUT2D eigenvalue weighted by molar-refractivity contribution is -0.121. The van der Waals surface area contributed by atoms with Gasteiger partial charge in [-0.3, -0.25) is 20.4 Å². The van der Waals surface area contributed by atoms with Crippen LogP contribution < -0.4 is 10.9 Å². The predicted molar refractivity (Wildman–Crippen MR) is 97.6 cm³/mol. The minimum atomic E-state index is -0.502. The highest BCUT2D eigenvalue weighted by molar-refractivity contribution is 8.00. The molecule has 1 aromatic carbocycles. The van der Waals surface area contributed by atoms with Gasteiger partial charge in [0.05, 0.1) is 5.25 Å². The fourth-order valence-electron chi connectivity index (χ4n) is 2.77. The standard InChI is InChI=1S/C18H20FN5O2S/c1-10(16(25)21-22-17(26)12-4-6-13(19)7-5-12)27-18-23-20-15(11-2-3-11)24(18)14-8-9-14/h4-7,10-11,14H,2-3,8-9H2,1H3,(H,21,25)(H,22,26). The summed E-state index contributed by atoms with van der Waals surface area (Å²) < 4.78 is 15.1. The third-order valence-electron chi connectivity index (χ3n) is 4.60. The number of halogens is 1. The van der Waals surface area contributed by atoms with Gasteiger partial charge in [0.2, 0.25) is 0 Å². The van der Waals surface area contributed by atoms with Crippen molar-refractivity contribution in [1.82, 2.24) is 25.6 Å². The maximum atomic E-state index is 12.9. The van der Waals surface area contributed by atoms with Crippen molar-refractivity contribution in [2.75, 3.05) is 0 Å². The summed E-state index contributed by atoms with van der Waals surface area (Å²) >= 11 is 1.34. The van der Waals surface area contributed by atoms with E-state index in [2.05, 4.69) is 25.6 Å². The molecule has 2 aliphatic carbocycles. The second kappa shape index (κ2) is 7.30. The van der Waals surface area contributed by atoms with Gasteiger partial charge in [0.25, 0.3) is 11.8 Å². The molecule has 0 saturated heterocycles. The summed E-state index contributed by atoms with van der Waals surface area (Å²) in [5.74, 6) is 0.279. The van der Waals surface area contributed by atoms with Gasteiger partial charge in [-0.15, -0.1) is 10.2 Å². The lowest BCUT2D eigenvalue weighted by Gasteiger charge is -2.13. The zero-order valence-electron chi connectivity index (χ0n) is 14.8. The molecule has 2 aromatic rings. The number of rotatable bonds is 6. The zero-order chi connectivity index (χ0) is 19.0. The van der Waals surface area contributed by atoms with Crippen molar-refractivity contribution in [3.8, 4) is 0 Å². The van der Waals surface area contributed by atoms with Crippen LogP contribution in [0.1, 0.15) is 60.7 Å². The fraction of sp³-hybridized carbons (Fsp3) is 0.444. The van der Waals surface area contributed by atoms with E-state index in [1.807, 2.05) is 0 Å². The number of hydrogen-bond acceptors (Lipinski definition) is 5. The van der Waals surface area contributed by atoms with Crippen molar-refractivity contribution in [1.29, 1.82) is 0 Å². The Morgan fingerprint density at radius 2 is 1.85 bits per heavy atom. The molecule has 27 heavy (non-hydrogen) atoms. The van der Waals surface area contributed by atoms with E-state index >= 15 is 0 Å². The third kappa shape index (κ3) is 4.13. The van der Waals surface area contributed by atoms with Gasteiger partial charge in [0.1, 0.15) is 11.6 Å². The Hall–Kier alpha value is -2.42. The first-order valence-corrected chi connectivity index (χ1v) is 9.88. The molecule has 0 spiro atoms. The summed E-state index contributed by atoms with van der Waals surface area (Å²) in [6.45, 7) is 1.76. The second-order valence-electron chi connectivity index (χ2n) is 6.93. The van der Waals surface area contributed by atoms with Gasteiger partial charge in [-0.25, -0.2) is 4.39 Å². The van der Waals surface area contributed by atoms with Crippen molar-refractivity contribution in [3.63, 3.8) is 0 Å². The summed E-state index contributed by atoms with van der Waals surface area (Å²) in [5, 5.41) is 8.92. The molecule has 7 nitrogen and oxygen atoms in total. The Balaban J connectivity index is 1.34. The molecule has 2 saturated carbocycles. The summed E-state index contributed by atoms with van der Waals surface area (Å²) in [7, 11) is 0. The molecule has 9 heteroatoms. The van der Waals surface area contributed by atoms with Crippen LogP contribution in [0.2, 0.25) is 0 Å². The minimum Gasteiger partial charge on any atom is -0.303 e. The fourth-order valence-corrected chi connectivity index (χ4v) is 3.70. The first-order valence-electron chi connectivity index (χ1n) is 9.00. The van der Waals surface area contributed by atoms with E-state index in [4.69, 9.17) is 0 Å². The number of carbonyl (C=O) groups excluding carboxylic acids is 2. The Kier molecular flexibility index (Phi) is 4.86. The van der Waals surface area contributed by atoms with Crippen molar-refractivity contribution in [2.24, 2.45) is 0 Å². The van der Waals surface area contributed by atoms with Crippen LogP contribution in [0.25, 0.3) is 0 Å². The van der Waals surface area contributed by atoms with Crippen LogP contribution in [0.5, 0.6) is 0 Å². The van der Waals surface area contributed by atoms with E-state index in [0.29, 0.717) is 12.0 Å². The van der Waals surface area contributed by atoms with Gasteiger partial charge in [-0.1, -0.05) is 11.8 Å². The maximum Gasteiger partial charge on any atom is 0.269 e. The summed E-state index contributed by atoms with van der Waals surface area (Å²) in [5.41, 5.74) is 5.03. The Morgan fingerprint density at radius 1 is 1.15 bits per heavy atom. The molecule has 1 unspecified atom stereocenters. The molecule has 4 rings (SSSR count). The van der Waals surface area contributed by atoms with Crippen LogP contribution in [0.3, 0.4) is 0 Å². The average Bonchev–Trinajstić information content (AvgIpc) is 3.59. The summed E-state index contributed by atoms with van der Waals surface area (Å²) in [6.07, 6.45) is 4.56. The lowest BCUT2D eigenvalue weighted by Crippen LogP contribution is -2.45. The van der Waals surface area contributed by atoms with Crippen LogP contribution >= 0.6 is 11.8 Å². The highest BCUT2D eigenvalue weighted by Gasteiger charge is 2.37. The number of nitrogens with zero attached hydrogens (tertiary/aromatic N) is 3. The van der Waals surface area contributed by atoms with Crippen molar-refractivity contribution < 1.29 is 14.0 Å². The van der Waals surface area contributed by atoms with Crippen molar-refractivity contribution >= 4 is 23.6 Å². The van der Waals surface area contributed by atoms with E-state index in [-0.39, 0.29) is 11.5 Å². The number of aromatic nitrogens is 3. The van der Waals surface area contributed by atoms with E-state index in [1.54, 1.807) is 6.92 Å². The Labute approximate surface area is 160 Å².